The third-order valence-electron chi connectivity index (χ3n) is 4.22. The lowest BCUT2D eigenvalue weighted by molar-refractivity contribution is -0.0714. The van der Waals surface area contributed by atoms with Crippen molar-refractivity contribution in [2.75, 3.05) is 19.7 Å². The number of carbonyl (C=O) groups is 1. The summed E-state index contributed by atoms with van der Waals surface area (Å²) < 4.78 is 0. The smallest absolute Gasteiger partial charge is 0.274 e. The summed E-state index contributed by atoms with van der Waals surface area (Å²) in [5.74, 6) is -0.326. The van der Waals surface area contributed by atoms with Crippen molar-refractivity contribution in [3.05, 3.63) is 28.4 Å². The largest absolute Gasteiger partial charge is 0.396 e. The van der Waals surface area contributed by atoms with Crippen molar-refractivity contribution in [1.82, 2.24) is 14.9 Å². The van der Waals surface area contributed by atoms with Gasteiger partial charge < -0.3 is 20.1 Å². The van der Waals surface area contributed by atoms with E-state index in [2.05, 4.69) is 9.97 Å². The quantitative estimate of drug-likeness (QED) is 0.710. The van der Waals surface area contributed by atoms with Crippen molar-refractivity contribution in [2.24, 2.45) is 5.41 Å². The van der Waals surface area contributed by atoms with Crippen LogP contribution >= 0.6 is 0 Å². The Labute approximate surface area is 122 Å². The molecule has 1 aliphatic rings. The molecule has 2 rings (SSSR count). The van der Waals surface area contributed by atoms with Crippen LogP contribution in [0.5, 0.6) is 0 Å². The summed E-state index contributed by atoms with van der Waals surface area (Å²) in [4.78, 5) is 31.0. The Kier molecular flexibility index (Phi) is 4.74. The molecular formula is C14H21N3O4. The molecule has 1 aromatic heterocycles. The second-order valence-electron chi connectivity index (χ2n) is 5.58. The minimum absolute atomic E-state index is 0.0824. The first-order chi connectivity index (χ1) is 10.0. The number of rotatable bonds is 4. The molecule has 0 saturated carbocycles. The molecule has 0 aliphatic carbocycles. The van der Waals surface area contributed by atoms with E-state index in [0.29, 0.717) is 13.0 Å². The lowest BCUT2D eigenvalue weighted by Gasteiger charge is -2.44. The van der Waals surface area contributed by atoms with Crippen molar-refractivity contribution >= 4 is 5.91 Å². The van der Waals surface area contributed by atoms with Gasteiger partial charge in [-0.05, 0) is 12.8 Å². The number of carbonyl (C=O) groups excluding carboxylic acids is 1. The number of aliphatic hydroxyl groups excluding tert-OH is 2. The molecule has 0 aromatic carbocycles. The van der Waals surface area contributed by atoms with E-state index in [-0.39, 0.29) is 30.3 Å². The highest BCUT2D eigenvalue weighted by Gasteiger charge is 2.42. The summed E-state index contributed by atoms with van der Waals surface area (Å²) in [6.07, 6.45) is 3.71. The fourth-order valence-corrected chi connectivity index (χ4v) is 2.88. The first-order valence-electron chi connectivity index (χ1n) is 7.15. The van der Waals surface area contributed by atoms with Gasteiger partial charge >= 0.3 is 0 Å². The van der Waals surface area contributed by atoms with Crippen LogP contribution in [0.25, 0.3) is 0 Å². The predicted molar refractivity (Wildman–Crippen MR) is 75.8 cm³/mol. The number of amides is 1. The Balaban J connectivity index is 2.09. The number of aromatic amines is 1. The van der Waals surface area contributed by atoms with Crippen LogP contribution in [0.4, 0.5) is 0 Å². The number of likely N-dealkylation sites (tertiary alicyclic amines) is 1. The standard InChI is InChI=1S/C14H21N3O4/c1-2-3-14(9-18)4-5-17(8-11(14)19)13(21)10-6-16-12(20)7-15-10/h6-7,11,18-19H,2-5,8-9H2,1H3,(H,16,20)/t11-,14-/m1/s1. The van der Waals surface area contributed by atoms with Crippen LogP contribution in [-0.4, -0.2) is 56.8 Å². The molecule has 1 fully saturated rings. The number of aliphatic hydroxyl groups is 2. The fraction of sp³-hybridized carbons (Fsp3) is 0.643. The average molecular weight is 295 g/mol. The fourth-order valence-electron chi connectivity index (χ4n) is 2.88. The summed E-state index contributed by atoms with van der Waals surface area (Å²) >= 11 is 0. The van der Waals surface area contributed by atoms with E-state index in [1.807, 2.05) is 6.92 Å². The van der Waals surface area contributed by atoms with Crippen LogP contribution in [-0.2, 0) is 0 Å². The van der Waals surface area contributed by atoms with E-state index in [1.165, 1.54) is 11.1 Å². The van der Waals surface area contributed by atoms with Gasteiger partial charge in [0.15, 0.2) is 0 Å². The van der Waals surface area contributed by atoms with Gasteiger partial charge in [0, 0.05) is 24.7 Å². The minimum atomic E-state index is -0.761. The molecule has 0 unspecified atom stereocenters. The topological polar surface area (TPSA) is 107 Å². The van der Waals surface area contributed by atoms with E-state index in [0.717, 1.165) is 19.0 Å². The summed E-state index contributed by atoms with van der Waals surface area (Å²) in [7, 11) is 0. The monoisotopic (exact) mass is 295 g/mol. The zero-order valence-corrected chi connectivity index (χ0v) is 12.1. The average Bonchev–Trinajstić information content (AvgIpc) is 2.49. The Morgan fingerprint density at radius 2 is 2.38 bits per heavy atom. The molecule has 116 valence electrons. The summed E-state index contributed by atoms with van der Waals surface area (Å²) in [5, 5.41) is 19.9. The van der Waals surface area contributed by atoms with Crippen LogP contribution in [0.3, 0.4) is 0 Å². The normalized spacial score (nSPS) is 25.9. The number of nitrogens with zero attached hydrogens (tertiary/aromatic N) is 2. The van der Waals surface area contributed by atoms with Gasteiger partial charge in [-0.25, -0.2) is 4.98 Å². The molecule has 1 aromatic rings. The van der Waals surface area contributed by atoms with Crippen LogP contribution < -0.4 is 5.56 Å². The number of H-pyrrole nitrogens is 1. The first kappa shape index (κ1) is 15.7. The molecule has 2 heterocycles. The molecule has 1 saturated heterocycles. The maximum atomic E-state index is 12.3. The summed E-state index contributed by atoms with van der Waals surface area (Å²) in [6.45, 7) is 2.55. The molecule has 1 aliphatic heterocycles. The number of nitrogens with one attached hydrogen (secondary N) is 1. The van der Waals surface area contributed by atoms with Gasteiger partial charge in [0.25, 0.3) is 11.5 Å². The number of hydrogen-bond donors (Lipinski definition) is 3. The second kappa shape index (κ2) is 6.36. The molecule has 7 heteroatoms. The maximum Gasteiger partial charge on any atom is 0.274 e. The number of piperidine rings is 1. The highest BCUT2D eigenvalue weighted by atomic mass is 16.3. The van der Waals surface area contributed by atoms with Crippen molar-refractivity contribution in [3.8, 4) is 0 Å². The van der Waals surface area contributed by atoms with Crippen LogP contribution in [0.1, 0.15) is 36.7 Å². The molecule has 3 N–H and O–H groups in total. The van der Waals surface area contributed by atoms with Gasteiger partial charge in [0.2, 0.25) is 0 Å². The molecule has 0 radical (unpaired) electrons. The van der Waals surface area contributed by atoms with Gasteiger partial charge in [-0.15, -0.1) is 0 Å². The number of aromatic nitrogens is 2. The van der Waals surface area contributed by atoms with Gasteiger partial charge in [-0.3, -0.25) is 9.59 Å². The Bertz CT molecular complexity index is 539. The predicted octanol–water partition coefficient (Wildman–Crippen LogP) is -0.245. The summed E-state index contributed by atoms with van der Waals surface area (Å²) in [5.41, 5.74) is -0.745. The SMILES string of the molecule is CCC[C@]1(CO)CCN(C(=O)c2c[nH]c(=O)cn2)C[C@H]1O. The highest BCUT2D eigenvalue weighted by molar-refractivity contribution is 5.92. The van der Waals surface area contributed by atoms with Gasteiger partial charge in [-0.1, -0.05) is 13.3 Å². The third-order valence-corrected chi connectivity index (χ3v) is 4.22. The van der Waals surface area contributed by atoms with E-state index in [1.54, 1.807) is 0 Å². The zero-order valence-electron chi connectivity index (χ0n) is 12.1. The van der Waals surface area contributed by atoms with Crippen molar-refractivity contribution in [3.63, 3.8) is 0 Å². The first-order valence-corrected chi connectivity index (χ1v) is 7.15. The number of hydrogen-bond acceptors (Lipinski definition) is 5. The molecule has 21 heavy (non-hydrogen) atoms. The maximum absolute atomic E-state index is 12.3. The van der Waals surface area contributed by atoms with Gasteiger partial charge in [0.05, 0.1) is 18.9 Å². The molecule has 2 atom stereocenters. The van der Waals surface area contributed by atoms with E-state index < -0.39 is 11.5 Å². The van der Waals surface area contributed by atoms with E-state index >= 15 is 0 Å². The van der Waals surface area contributed by atoms with Gasteiger partial charge in [0.1, 0.15) is 5.69 Å². The van der Waals surface area contributed by atoms with Crippen LogP contribution in [0, 0.1) is 5.41 Å². The number of β-amino-alcohol motifs (C(OH)–C–C–N with tert-alkyl or cyclic N) is 1. The Morgan fingerprint density at radius 3 is 2.90 bits per heavy atom. The molecule has 1 amide bonds. The van der Waals surface area contributed by atoms with Crippen molar-refractivity contribution in [2.45, 2.75) is 32.3 Å². The molecule has 0 bridgehead atoms. The van der Waals surface area contributed by atoms with Crippen molar-refractivity contribution < 1.29 is 15.0 Å². The van der Waals surface area contributed by atoms with E-state index in [4.69, 9.17) is 0 Å². The lowest BCUT2D eigenvalue weighted by atomic mass is 9.73. The van der Waals surface area contributed by atoms with Crippen LogP contribution in [0.2, 0.25) is 0 Å². The Morgan fingerprint density at radius 1 is 1.62 bits per heavy atom. The van der Waals surface area contributed by atoms with E-state index in [9.17, 15) is 19.8 Å². The summed E-state index contributed by atoms with van der Waals surface area (Å²) in [6, 6.07) is 0. The third kappa shape index (κ3) is 3.14. The van der Waals surface area contributed by atoms with Crippen LogP contribution in [0.15, 0.2) is 17.2 Å². The minimum Gasteiger partial charge on any atom is -0.396 e. The van der Waals surface area contributed by atoms with Crippen molar-refractivity contribution in [1.29, 1.82) is 0 Å². The molecule has 0 spiro atoms. The lowest BCUT2D eigenvalue weighted by Crippen LogP contribution is -2.54. The molecule has 7 nitrogen and oxygen atoms in total. The highest BCUT2D eigenvalue weighted by Crippen LogP contribution is 2.36. The van der Waals surface area contributed by atoms with Gasteiger partial charge in [-0.2, -0.15) is 0 Å². The molecular weight excluding hydrogens is 274 g/mol. The zero-order chi connectivity index (χ0) is 15.5. The Hall–Kier alpha value is -1.73. The second-order valence-corrected chi connectivity index (χ2v) is 5.58.